The van der Waals surface area contributed by atoms with Crippen LogP contribution in [0.25, 0.3) is 0 Å². The molecule has 1 atom stereocenters. The molecule has 0 spiro atoms. The van der Waals surface area contributed by atoms with E-state index in [1.807, 2.05) is 14.0 Å². The number of alkyl halides is 2. The van der Waals surface area contributed by atoms with Crippen molar-refractivity contribution in [2.75, 3.05) is 13.6 Å². The standard InChI is InChI=1S/C9H19F2N.ClH/c1-4-8(7-12-3)5-6-9(2,10)11;/h8,12H,4-7H2,1-3H3;1H. The number of rotatable bonds is 6. The highest BCUT2D eigenvalue weighted by Crippen LogP contribution is 2.22. The summed E-state index contributed by atoms with van der Waals surface area (Å²) >= 11 is 0. The van der Waals surface area contributed by atoms with Crippen LogP contribution in [-0.2, 0) is 0 Å². The molecule has 0 radical (unpaired) electrons. The zero-order valence-electron chi connectivity index (χ0n) is 8.57. The molecular weight excluding hydrogens is 196 g/mol. The lowest BCUT2D eigenvalue weighted by Gasteiger charge is -2.16. The summed E-state index contributed by atoms with van der Waals surface area (Å²) in [6, 6.07) is 0. The van der Waals surface area contributed by atoms with E-state index in [-0.39, 0.29) is 18.8 Å². The van der Waals surface area contributed by atoms with Crippen molar-refractivity contribution in [3.63, 3.8) is 0 Å². The van der Waals surface area contributed by atoms with E-state index < -0.39 is 5.92 Å². The zero-order valence-corrected chi connectivity index (χ0v) is 9.39. The minimum absolute atomic E-state index is 0. The molecule has 0 aliphatic carbocycles. The third kappa shape index (κ3) is 10.0. The van der Waals surface area contributed by atoms with Crippen molar-refractivity contribution < 1.29 is 8.78 Å². The third-order valence-corrected chi connectivity index (χ3v) is 2.06. The predicted octanol–water partition coefficient (Wildman–Crippen LogP) is 3.09. The average Bonchev–Trinajstić information content (AvgIpc) is 1.96. The van der Waals surface area contributed by atoms with Crippen LogP contribution in [0.15, 0.2) is 0 Å². The molecule has 0 saturated carbocycles. The van der Waals surface area contributed by atoms with Gasteiger partial charge in [-0.05, 0) is 32.9 Å². The fourth-order valence-corrected chi connectivity index (χ4v) is 1.20. The van der Waals surface area contributed by atoms with Crippen LogP contribution >= 0.6 is 12.4 Å². The van der Waals surface area contributed by atoms with E-state index in [4.69, 9.17) is 0 Å². The summed E-state index contributed by atoms with van der Waals surface area (Å²) in [5, 5.41) is 3.01. The van der Waals surface area contributed by atoms with Crippen LogP contribution in [0.2, 0.25) is 0 Å². The van der Waals surface area contributed by atoms with Crippen molar-refractivity contribution in [1.29, 1.82) is 0 Å². The Morgan fingerprint density at radius 3 is 2.23 bits per heavy atom. The first-order valence-corrected chi connectivity index (χ1v) is 4.52. The van der Waals surface area contributed by atoms with Gasteiger partial charge in [-0.25, -0.2) is 8.78 Å². The average molecular weight is 216 g/mol. The highest BCUT2D eigenvalue weighted by atomic mass is 35.5. The lowest BCUT2D eigenvalue weighted by atomic mass is 9.98. The van der Waals surface area contributed by atoms with E-state index in [0.29, 0.717) is 12.3 Å². The summed E-state index contributed by atoms with van der Waals surface area (Å²) in [4.78, 5) is 0. The quantitative estimate of drug-likeness (QED) is 0.718. The molecule has 0 fully saturated rings. The number of halogens is 3. The minimum atomic E-state index is -2.50. The van der Waals surface area contributed by atoms with E-state index in [1.54, 1.807) is 0 Å². The topological polar surface area (TPSA) is 12.0 Å². The lowest BCUT2D eigenvalue weighted by molar-refractivity contribution is 0.00657. The maximum atomic E-state index is 12.4. The molecule has 0 aromatic rings. The van der Waals surface area contributed by atoms with Crippen LogP contribution in [0.4, 0.5) is 8.78 Å². The Hall–Kier alpha value is 0.110. The van der Waals surface area contributed by atoms with Crippen molar-refractivity contribution in [2.24, 2.45) is 5.92 Å². The van der Waals surface area contributed by atoms with Gasteiger partial charge >= 0.3 is 0 Å². The second kappa shape index (κ2) is 7.51. The Labute approximate surface area is 85.7 Å². The molecular formula is C9H20ClF2N. The first-order valence-electron chi connectivity index (χ1n) is 4.52. The molecule has 1 nitrogen and oxygen atoms in total. The monoisotopic (exact) mass is 215 g/mol. The van der Waals surface area contributed by atoms with Crippen LogP contribution < -0.4 is 5.32 Å². The highest BCUT2D eigenvalue weighted by Gasteiger charge is 2.22. The van der Waals surface area contributed by atoms with Gasteiger partial charge < -0.3 is 5.32 Å². The molecule has 0 rings (SSSR count). The molecule has 0 aromatic heterocycles. The van der Waals surface area contributed by atoms with E-state index in [2.05, 4.69) is 5.32 Å². The van der Waals surface area contributed by atoms with Gasteiger partial charge in [0.2, 0.25) is 5.92 Å². The molecule has 0 aromatic carbocycles. The summed E-state index contributed by atoms with van der Waals surface area (Å²) in [7, 11) is 1.85. The van der Waals surface area contributed by atoms with Crippen LogP contribution in [0.3, 0.4) is 0 Å². The molecule has 1 N–H and O–H groups in total. The van der Waals surface area contributed by atoms with Gasteiger partial charge in [0.25, 0.3) is 0 Å². The number of hydrogen-bond donors (Lipinski definition) is 1. The van der Waals surface area contributed by atoms with Gasteiger partial charge in [0.1, 0.15) is 0 Å². The van der Waals surface area contributed by atoms with E-state index in [1.165, 1.54) is 0 Å². The zero-order chi connectivity index (χ0) is 9.61. The summed E-state index contributed by atoms with van der Waals surface area (Å²) in [5.41, 5.74) is 0. The van der Waals surface area contributed by atoms with E-state index in [0.717, 1.165) is 19.9 Å². The van der Waals surface area contributed by atoms with Crippen molar-refractivity contribution in [3.8, 4) is 0 Å². The third-order valence-electron chi connectivity index (χ3n) is 2.06. The van der Waals surface area contributed by atoms with Gasteiger partial charge in [0, 0.05) is 6.42 Å². The SMILES string of the molecule is CCC(CCC(C)(F)F)CNC.Cl. The summed E-state index contributed by atoms with van der Waals surface area (Å²) in [6.07, 6.45) is 1.59. The van der Waals surface area contributed by atoms with Crippen molar-refractivity contribution in [3.05, 3.63) is 0 Å². The summed E-state index contributed by atoms with van der Waals surface area (Å²) < 4.78 is 24.9. The van der Waals surface area contributed by atoms with Crippen LogP contribution in [0, 0.1) is 5.92 Å². The Balaban J connectivity index is 0. The molecule has 13 heavy (non-hydrogen) atoms. The Morgan fingerprint density at radius 1 is 1.38 bits per heavy atom. The maximum absolute atomic E-state index is 12.4. The summed E-state index contributed by atoms with van der Waals surface area (Å²) in [6.45, 7) is 3.86. The predicted molar refractivity (Wildman–Crippen MR) is 54.8 cm³/mol. The van der Waals surface area contributed by atoms with Gasteiger partial charge in [0.05, 0.1) is 0 Å². The second-order valence-corrected chi connectivity index (χ2v) is 3.44. The molecule has 4 heteroatoms. The molecule has 0 saturated heterocycles. The van der Waals surface area contributed by atoms with E-state index >= 15 is 0 Å². The van der Waals surface area contributed by atoms with Crippen LogP contribution in [0.5, 0.6) is 0 Å². The molecule has 1 unspecified atom stereocenters. The maximum Gasteiger partial charge on any atom is 0.245 e. The van der Waals surface area contributed by atoms with E-state index in [9.17, 15) is 8.78 Å². The number of hydrogen-bond acceptors (Lipinski definition) is 1. The van der Waals surface area contributed by atoms with Crippen LogP contribution in [0.1, 0.15) is 33.1 Å². The fourth-order valence-electron chi connectivity index (χ4n) is 1.20. The normalized spacial score (nSPS) is 13.6. The molecule has 0 aliphatic heterocycles. The molecule has 82 valence electrons. The van der Waals surface area contributed by atoms with Crippen molar-refractivity contribution in [1.82, 2.24) is 5.32 Å². The van der Waals surface area contributed by atoms with Gasteiger partial charge in [0.15, 0.2) is 0 Å². The highest BCUT2D eigenvalue weighted by molar-refractivity contribution is 5.85. The van der Waals surface area contributed by atoms with Crippen LogP contribution in [-0.4, -0.2) is 19.5 Å². The van der Waals surface area contributed by atoms with Crippen molar-refractivity contribution in [2.45, 2.75) is 39.0 Å². The fraction of sp³-hybridized carbons (Fsp3) is 1.00. The van der Waals surface area contributed by atoms with Crippen molar-refractivity contribution >= 4 is 12.4 Å². The lowest BCUT2D eigenvalue weighted by Crippen LogP contribution is -2.20. The Bertz CT molecular complexity index is 115. The minimum Gasteiger partial charge on any atom is -0.319 e. The molecule has 0 bridgehead atoms. The first kappa shape index (κ1) is 15.6. The molecule has 0 amide bonds. The molecule has 0 heterocycles. The Morgan fingerprint density at radius 2 is 1.92 bits per heavy atom. The largest absolute Gasteiger partial charge is 0.319 e. The number of nitrogens with one attached hydrogen (secondary N) is 1. The van der Waals surface area contributed by atoms with Gasteiger partial charge in [-0.2, -0.15) is 0 Å². The smallest absolute Gasteiger partial charge is 0.245 e. The van der Waals surface area contributed by atoms with Gasteiger partial charge in [-0.3, -0.25) is 0 Å². The summed E-state index contributed by atoms with van der Waals surface area (Å²) in [5.74, 6) is -2.11. The second-order valence-electron chi connectivity index (χ2n) is 3.44. The Kier molecular flexibility index (Phi) is 9.00. The van der Waals surface area contributed by atoms with Gasteiger partial charge in [-0.1, -0.05) is 13.3 Å². The first-order chi connectivity index (χ1) is 5.49. The molecule has 0 aliphatic rings. The van der Waals surface area contributed by atoms with Gasteiger partial charge in [-0.15, -0.1) is 12.4 Å².